The summed E-state index contributed by atoms with van der Waals surface area (Å²) in [5.41, 5.74) is -1.27. The number of ether oxygens (including phenoxy) is 4. The summed E-state index contributed by atoms with van der Waals surface area (Å²) in [6, 6.07) is 0. The Morgan fingerprint density at radius 1 is 0.754 bits per heavy atom. The number of carbonyl (C=O) groups is 2. The maximum absolute atomic E-state index is 14.6. The Labute approximate surface area is 334 Å². The van der Waals surface area contributed by atoms with Gasteiger partial charge in [0.25, 0.3) is 0 Å². The number of carboxylic acids is 1. The Morgan fingerprint density at radius 3 is 2.05 bits per heavy atom. The van der Waals surface area contributed by atoms with Gasteiger partial charge >= 0.3 is 11.9 Å². The van der Waals surface area contributed by atoms with Gasteiger partial charge in [0.1, 0.15) is 42.7 Å². The van der Waals surface area contributed by atoms with E-state index in [1.807, 2.05) is 6.92 Å². The van der Waals surface area contributed by atoms with E-state index in [9.17, 15) is 55.5 Å². The molecule has 15 heteroatoms. The molecule has 6 fully saturated rings. The molecule has 0 spiro atoms. The standard InChI is InChI=1S/C42H66O15/c1-37(2)13-15-42(36(53)57-34-30(49)27(46)26(45)22(18-43)54-34)16-14-40(5)20(21(42)17-37)7-8-24-38(3)11-10-25(39(4,19-44)23(38)9-12-41(24,40)6)55-35-31(50)28(47)29(48)32(56-35)33(51)52/h7,21-32,34-35,43-50H,8-19H2,1-6H3,(H,51,52)/t21-,22+,23+,24+,25-,26+,27-,28-,29-,30+,31+,32-,34-,35+,38-,39-,40+,41+,42-/m0/s1. The Hall–Kier alpha value is -1.76. The first-order chi connectivity index (χ1) is 26.5. The number of carboxylic acid groups (broad SMARTS) is 1. The van der Waals surface area contributed by atoms with Crippen LogP contribution in [0.2, 0.25) is 0 Å². The van der Waals surface area contributed by atoms with Gasteiger partial charge in [-0.15, -0.1) is 0 Å². The average Bonchev–Trinajstić information content (AvgIpc) is 3.16. The summed E-state index contributed by atoms with van der Waals surface area (Å²) in [5, 5.41) is 93.6. The molecule has 0 unspecified atom stereocenters. The quantitative estimate of drug-likeness (QED) is 0.100. The Balaban J connectivity index is 1.17. The SMILES string of the molecule is CC1(C)CC[C@]2(C(=O)O[C@@H]3O[C@H](CO)[C@@H](O)[C@H](O)[C@H]3O)CC[C@]3(C)C(=CC[C@@H]4[C@@]5(C)CC[C@H](O[C@@H]6O[C@H](C(=O)O)[C@@H](O)[C@H](O)[C@H]6O)[C@@](C)(CO)[C@@H]5CC[C@]43C)[C@@H]2C1. The van der Waals surface area contributed by atoms with Crippen LogP contribution >= 0.6 is 0 Å². The van der Waals surface area contributed by atoms with Gasteiger partial charge in [0.2, 0.25) is 6.29 Å². The highest BCUT2D eigenvalue weighted by molar-refractivity contribution is 5.79. The Bertz CT molecular complexity index is 1590. The molecule has 0 aromatic carbocycles. The van der Waals surface area contributed by atoms with E-state index in [1.165, 1.54) is 5.57 Å². The van der Waals surface area contributed by atoms with E-state index in [4.69, 9.17) is 18.9 Å². The molecule has 5 aliphatic carbocycles. The number of esters is 1. The molecular formula is C42H66O15. The first kappa shape index (κ1) is 43.3. The molecule has 0 bridgehead atoms. The van der Waals surface area contributed by atoms with Crippen LogP contribution in [0.25, 0.3) is 0 Å². The summed E-state index contributed by atoms with van der Waals surface area (Å²) in [4.78, 5) is 26.4. The smallest absolute Gasteiger partial charge is 0.335 e. The minimum Gasteiger partial charge on any atom is -0.479 e. The number of fused-ring (bicyclic) bond motifs is 7. The lowest BCUT2D eigenvalue weighted by atomic mass is 9.33. The lowest BCUT2D eigenvalue weighted by molar-refractivity contribution is -0.327. The van der Waals surface area contributed by atoms with Gasteiger partial charge in [-0.1, -0.05) is 53.2 Å². The van der Waals surface area contributed by atoms with Gasteiger partial charge in [0.05, 0.1) is 24.7 Å². The van der Waals surface area contributed by atoms with Crippen LogP contribution < -0.4 is 0 Å². The van der Waals surface area contributed by atoms with Crippen molar-refractivity contribution in [2.45, 2.75) is 173 Å². The van der Waals surface area contributed by atoms with Gasteiger partial charge < -0.3 is 64.9 Å². The highest BCUT2D eigenvalue weighted by atomic mass is 16.7. The van der Waals surface area contributed by atoms with Crippen molar-refractivity contribution < 1.29 is 74.5 Å². The van der Waals surface area contributed by atoms with Crippen molar-refractivity contribution in [1.29, 1.82) is 0 Å². The lowest BCUT2D eigenvalue weighted by Crippen LogP contribution is -2.67. The number of aliphatic hydroxyl groups excluding tert-OH is 8. The fourth-order valence-electron chi connectivity index (χ4n) is 13.6. The summed E-state index contributed by atoms with van der Waals surface area (Å²) < 4.78 is 23.4. The van der Waals surface area contributed by atoms with Gasteiger partial charge in [-0.05, 0) is 104 Å². The number of hydrogen-bond acceptors (Lipinski definition) is 14. The van der Waals surface area contributed by atoms with E-state index >= 15 is 0 Å². The first-order valence-electron chi connectivity index (χ1n) is 21.0. The van der Waals surface area contributed by atoms with Gasteiger partial charge in [0.15, 0.2) is 12.4 Å². The fraction of sp³-hybridized carbons (Fsp3) is 0.905. The van der Waals surface area contributed by atoms with Gasteiger partial charge in [-0.2, -0.15) is 0 Å². The van der Waals surface area contributed by atoms with E-state index in [0.29, 0.717) is 25.7 Å². The highest BCUT2D eigenvalue weighted by Crippen LogP contribution is 2.76. The van der Waals surface area contributed by atoms with Crippen molar-refractivity contribution in [3.8, 4) is 0 Å². The Kier molecular flexibility index (Phi) is 11.2. The lowest BCUT2D eigenvalue weighted by Gasteiger charge is -2.71. The molecule has 57 heavy (non-hydrogen) atoms. The molecule has 0 aromatic rings. The third-order valence-corrected chi connectivity index (χ3v) is 17.3. The molecule has 0 aromatic heterocycles. The molecule has 15 nitrogen and oxygen atoms in total. The van der Waals surface area contributed by atoms with Crippen molar-refractivity contribution >= 4 is 11.9 Å². The normalized spacial score (nSPS) is 53.3. The van der Waals surface area contributed by atoms with Crippen LogP contribution in [0.4, 0.5) is 0 Å². The van der Waals surface area contributed by atoms with Crippen LogP contribution in [0.15, 0.2) is 11.6 Å². The number of rotatable bonds is 7. The number of carbonyl (C=O) groups excluding carboxylic acids is 1. The van der Waals surface area contributed by atoms with Gasteiger partial charge in [-0.3, -0.25) is 4.79 Å². The van der Waals surface area contributed by atoms with Crippen LogP contribution in [0.3, 0.4) is 0 Å². The number of hydrogen-bond donors (Lipinski definition) is 9. The van der Waals surface area contributed by atoms with Gasteiger partial charge in [0, 0.05) is 5.41 Å². The summed E-state index contributed by atoms with van der Waals surface area (Å²) >= 11 is 0. The minimum atomic E-state index is -1.84. The summed E-state index contributed by atoms with van der Waals surface area (Å²) in [6.07, 6.45) is -7.64. The number of allylic oxidation sites excluding steroid dienone is 2. The zero-order chi connectivity index (χ0) is 41.8. The van der Waals surface area contributed by atoms with Crippen molar-refractivity contribution in [2.75, 3.05) is 13.2 Å². The van der Waals surface area contributed by atoms with Crippen LogP contribution in [-0.4, -0.2) is 139 Å². The van der Waals surface area contributed by atoms with Crippen molar-refractivity contribution in [2.24, 2.45) is 50.2 Å². The number of aliphatic carboxylic acids is 1. The molecule has 324 valence electrons. The van der Waals surface area contributed by atoms with E-state index in [1.54, 1.807) is 0 Å². The predicted octanol–water partition coefficient (Wildman–Crippen LogP) is 1.38. The molecule has 2 heterocycles. The molecule has 9 N–H and O–H groups in total. The highest BCUT2D eigenvalue weighted by Gasteiger charge is 2.70. The fourth-order valence-corrected chi connectivity index (χ4v) is 13.6. The van der Waals surface area contributed by atoms with Crippen molar-refractivity contribution in [1.82, 2.24) is 0 Å². The molecule has 0 radical (unpaired) electrons. The largest absolute Gasteiger partial charge is 0.479 e. The third-order valence-electron chi connectivity index (χ3n) is 17.3. The average molecular weight is 811 g/mol. The first-order valence-corrected chi connectivity index (χ1v) is 21.0. The summed E-state index contributed by atoms with van der Waals surface area (Å²) in [6.45, 7) is 12.6. The summed E-state index contributed by atoms with van der Waals surface area (Å²) in [7, 11) is 0. The second kappa shape index (κ2) is 14.7. The molecule has 7 rings (SSSR count). The molecule has 4 saturated carbocycles. The second-order valence-corrected chi connectivity index (χ2v) is 20.5. The Morgan fingerprint density at radius 2 is 1.40 bits per heavy atom. The van der Waals surface area contributed by atoms with E-state index in [2.05, 4.69) is 40.7 Å². The molecule has 7 aliphatic rings. The zero-order valence-corrected chi connectivity index (χ0v) is 34.1. The maximum Gasteiger partial charge on any atom is 0.335 e. The van der Waals surface area contributed by atoms with Crippen LogP contribution in [0.5, 0.6) is 0 Å². The van der Waals surface area contributed by atoms with E-state index < -0.39 is 96.9 Å². The topological polar surface area (TPSA) is 253 Å². The van der Waals surface area contributed by atoms with E-state index in [0.717, 1.165) is 38.5 Å². The van der Waals surface area contributed by atoms with Crippen LogP contribution in [0.1, 0.15) is 106 Å². The molecule has 2 aliphatic heterocycles. The molecular weight excluding hydrogens is 744 g/mol. The van der Waals surface area contributed by atoms with E-state index in [-0.39, 0.29) is 46.0 Å². The monoisotopic (exact) mass is 810 g/mol. The summed E-state index contributed by atoms with van der Waals surface area (Å²) in [5.74, 6) is -1.98. The molecule has 2 saturated heterocycles. The van der Waals surface area contributed by atoms with Crippen LogP contribution in [-0.2, 0) is 28.5 Å². The number of aliphatic hydroxyl groups is 8. The second-order valence-electron chi connectivity index (χ2n) is 20.5. The minimum absolute atomic E-state index is 0.0262. The third kappa shape index (κ3) is 6.39. The van der Waals surface area contributed by atoms with Crippen LogP contribution in [0, 0.1) is 50.2 Å². The predicted molar refractivity (Wildman–Crippen MR) is 200 cm³/mol. The molecule has 19 atom stereocenters. The maximum atomic E-state index is 14.6. The molecule has 0 amide bonds. The van der Waals surface area contributed by atoms with Crippen molar-refractivity contribution in [3.63, 3.8) is 0 Å². The van der Waals surface area contributed by atoms with Gasteiger partial charge in [-0.25, -0.2) is 4.79 Å². The zero-order valence-electron chi connectivity index (χ0n) is 34.1. The van der Waals surface area contributed by atoms with Crippen molar-refractivity contribution in [3.05, 3.63) is 11.6 Å².